The number of aliphatic hydroxyl groups is 1. The van der Waals surface area contributed by atoms with E-state index in [1.54, 1.807) is 37.4 Å². The van der Waals surface area contributed by atoms with E-state index in [2.05, 4.69) is 4.57 Å². The van der Waals surface area contributed by atoms with Crippen molar-refractivity contribution < 1.29 is 19.0 Å². The molecule has 1 atom stereocenters. The van der Waals surface area contributed by atoms with Crippen molar-refractivity contribution in [1.82, 2.24) is 4.57 Å². The normalized spacial score (nSPS) is 14.9. The molecule has 8 heteroatoms. The molecule has 38 heavy (non-hydrogen) atoms. The third-order valence-electron chi connectivity index (χ3n) is 7.00. The zero-order valence-corrected chi connectivity index (χ0v) is 22.9. The van der Waals surface area contributed by atoms with Crippen molar-refractivity contribution in [2.45, 2.75) is 39.5 Å². The zero-order chi connectivity index (χ0) is 27.3. The number of carbonyl (C=O) groups excluding carboxylic acids is 1. The number of fused-ring (bicyclic) bond motifs is 1. The van der Waals surface area contributed by atoms with Crippen molar-refractivity contribution in [2.75, 3.05) is 12.0 Å². The van der Waals surface area contributed by atoms with Crippen molar-refractivity contribution in [3.8, 4) is 17.0 Å². The lowest BCUT2D eigenvalue weighted by Crippen LogP contribution is -2.31. The fourth-order valence-corrected chi connectivity index (χ4v) is 5.73. The number of halogens is 3. The Morgan fingerprint density at radius 1 is 1.05 bits per heavy atom. The lowest BCUT2D eigenvalue weighted by atomic mass is 9.98. The van der Waals surface area contributed by atoms with Gasteiger partial charge < -0.3 is 14.4 Å². The first kappa shape index (κ1) is 26.3. The zero-order valence-electron chi connectivity index (χ0n) is 21.4. The molecule has 0 saturated carbocycles. The van der Waals surface area contributed by atoms with Crippen LogP contribution in [-0.4, -0.2) is 22.7 Å². The van der Waals surface area contributed by atoms with E-state index >= 15 is 4.39 Å². The predicted octanol–water partition coefficient (Wildman–Crippen LogP) is 7.74. The molecule has 196 valence electrons. The van der Waals surface area contributed by atoms with E-state index in [9.17, 15) is 9.90 Å². The second-order valence-corrected chi connectivity index (χ2v) is 10.5. The summed E-state index contributed by atoms with van der Waals surface area (Å²) in [6, 6.07) is 16.8. The number of hydrogen-bond donors (Lipinski definition) is 1. The Hall–Kier alpha value is -3.32. The Kier molecular flexibility index (Phi) is 6.99. The van der Waals surface area contributed by atoms with Crippen molar-refractivity contribution in [3.05, 3.63) is 104 Å². The van der Waals surface area contributed by atoms with Crippen LogP contribution < -0.4 is 9.64 Å². The number of nitrogens with zero attached hydrogens (tertiary/aromatic N) is 2. The number of carbonyl (C=O) groups is 1. The van der Waals surface area contributed by atoms with Crippen LogP contribution in [0.25, 0.3) is 11.3 Å². The fraction of sp³-hybridized carbons (Fsp3) is 0.233. The second kappa shape index (κ2) is 10.1. The van der Waals surface area contributed by atoms with Crippen molar-refractivity contribution in [1.29, 1.82) is 0 Å². The van der Waals surface area contributed by atoms with Gasteiger partial charge in [0.25, 0.3) is 5.91 Å². The maximum Gasteiger partial charge on any atom is 0.261 e. The first-order valence-corrected chi connectivity index (χ1v) is 13.0. The van der Waals surface area contributed by atoms with Gasteiger partial charge >= 0.3 is 0 Å². The van der Waals surface area contributed by atoms with Crippen LogP contribution in [0.5, 0.6) is 5.75 Å². The first-order valence-electron chi connectivity index (χ1n) is 12.2. The molecule has 1 aliphatic heterocycles. The van der Waals surface area contributed by atoms with Crippen LogP contribution >= 0.6 is 23.2 Å². The minimum absolute atomic E-state index is 0.0589. The molecular weight excluding hydrogens is 526 g/mol. The summed E-state index contributed by atoms with van der Waals surface area (Å²) in [5.41, 5.74) is 5.24. The highest BCUT2D eigenvalue weighted by atomic mass is 35.5. The molecular formula is C30H27Cl2FN2O3. The highest BCUT2D eigenvalue weighted by molar-refractivity contribution is 6.31. The van der Waals surface area contributed by atoms with Gasteiger partial charge in [-0.1, -0.05) is 41.4 Å². The minimum atomic E-state index is -0.655. The minimum Gasteiger partial charge on any atom is -0.496 e. The highest BCUT2D eigenvalue weighted by Crippen LogP contribution is 2.48. The fourth-order valence-electron chi connectivity index (χ4n) is 5.34. The Balaban J connectivity index is 1.83. The van der Waals surface area contributed by atoms with Crippen molar-refractivity contribution >= 4 is 34.8 Å². The van der Waals surface area contributed by atoms with Crippen LogP contribution in [0.1, 0.15) is 58.7 Å². The lowest BCUT2D eigenvalue weighted by Gasteiger charge is -2.30. The van der Waals surface area contributed by atoms with Crippen molar-refractivity contribution in [3.63, 3.8) is 0 Å². The van der Waals surface area contributed by atoms with E-state index in [1.807, 2.05) is 45.0 Å². The molecule has 5 rings (SSSR count). The average molecular weight is 553 g/mol. The quantitative estimate of drug-likeness (QED) is 0.266. The molecule has 1 aromatic heterocycles. The summed E-state index contributed by atoms with van der Waals surface area (Å²) in [5, 5.41) is 10.3. The second-order valence-electron chi connectivity index (χ2n) is 9.64. The summed E-state index contributed by atoms with van der Waals surface area (Å²) < 4.78 is 23.1. The van der Waals surface area contributed by atoms with Crippen LogP contribution in [0.15, 0.2) is 60.7 Å². The van der Waals surface area contributed by atoms with Crippen LogP contribution in [0, 0.1) is 12.7 Å². The van der Waals surface area contributed by atoms with Gasteiger partial charge in [0, 0.05) is 16.6 Å². The summed E-state index contributed by atoms with van der Waals surface area (Å²) in [5.74, 6) is -0.374. The van der Waals surface area contributed by atoms with Crippen LogP contribution in [0.2, 0.25) is 10.0 Å². The molecule has 0 saturated heterocycles. The molecule has 0 aliphatic carbocycles. The summed E-state index contributed by atoms with van der Waals surface area (Å²) in [6.07, 6.45) is 0. The molecule has 3 aromatic carbocycles. The van der Waals surface area contributed by atoms with E-state index in [1.165, 1.54) is 11.0 Å². The molecule has 0 spiro atoms. The van der Waals surface area contributed by atoms with Gasteiger partial charge in [-0.15, -0.1) is 0 Å². The predicted molar refractivity (Wildman–Crippen MR) is 149 cm³/mol. The van der Waals surface area contributed by atoms with Crippen molar-refractivity contribution in [2.24, 2.45) is 0 Å². The number of amides is 1. The van der Waals surface area contributed by atoms with Crippen LogP contribution in [0.3, 0.4) is 0 Å². The SMILES string of the molecule is COc1ccc(CO)cc1-c1cc2c(n1C(C)C)C(c1ccc(Cl)cc1C)N(c1cccc(Cl)c1F)C2=O. The maximum atomic E-state index is 15.4. The Morgan fingerprint density at radius 3 is 2.47 bits per heavy atom. The summed E-state index contributed by atoms with van der Waals surface area (Å²) in [7, 11) is 1.59. The maximum absolute atomic E-state index is 15.4. The van der Waals surface area contributed by atoms with E-state index < -0.39 is 11.9 Å². The molecule has 5 nitrogen and oxygen atoms in total. The number of anilines is 1. The third kappa shape index (κ3) is 4.17. The number of methoxy groups -OCH3 is 1. The van der Waals surface area contributed by atoms with E-state index in [0.717, 1.165) is 33.6 Å². The Labute approximate surface area is 231 Å². The molecule has 1 amide bonds. The Morgan fingerprint density at radius 2 is 1.82 bits per heavy atom. The van der Waals surface area contributed by atoms with Gasteiger partial charge in [-0.25, -0.2) is 4.39 Å². The van der Waals surface area contributed by atoms with Crippen LogP contribution in [0.4, 0.5) is 10.1 Å². The van der Waals surface area contributed by atoms with Gasteiger partial charge in [-0.2, -0.15) is 0 Å². The standard InChI is InChI=1S/C30H27Cl2FN2O3/c1-16(2)34-25(21-13-18(15-36)8-11-26(21)38-4)14-22-29(34)28(20-10-9-19(31)12-17(20)3)35(30(22)37)24-7-5-6-23(32)27(24)33/h5-14,16,28,36H,15H2,1-4H3. The Bertz CT molecular complexity index is 1560. The summed E-state index contributed by atoms with van der Waals surface area (Å²) in [4.78, 5) is 15.6. The first-order chi connectivity index (χ1) is 18.2. The number of ether oxygens (including phenoxy) is 1. The molecule has 0 fully saturated rings. The van der Waals surface area contributed by atoms with Gasteiger partial charge in [-0.3, -0.25) is 9.69 Å². The highest BCUT2D eigenvalue weighted by Gasteiger charge is 2.45. The molecule has 1 unspecified atom stereocenters. The third-order valence-corrected chi connectivity index (χ3v) is 7.53. The lowest BCUT2D eigenvalue weighted by molar-refractivity contribution is 0.0992. The molecule has 1 N–H and O–H groups in total. The van der Waals surface area contributed by atoms with E-state index in [-0.39, 0.29) is 29.3 Å². The molecule has 0 bridgehead atoms. The molecule has 1 aliphatic rings. The largest absolute Gasteiger partial charge is 0.496 e. The topological polar surface area (TPSA) is 54.7 Å². The molecule has 0 radical (unpaired) electrons. The van der Waals surface area contributed by atoms with E-state index in [0.29, 0.717) is 16.3 Å². The molecule has 2 heterocycles. The number of aliphatic hydroxyl groups excluding tert-OH is 1. The number of hydrogen-bond acceptors (Lipinski definition) is 3. The van der Waals surface area contributed by atoms with Gasteiger partial charge in [0.1, 0.15) is 11.8 Å². The van der Waals surface area contributed by atoms with Gasteiger partial charge in [0.2, 0.25) is 0 Å². The summed E-state index contributed by atoms with van der Waals surface area (Å²) in [6.45, 7) is 5.86. The van der Waals surface area contributed by atoms with E-state index in [4.69, 9.17) is 27.9 Å². The van der Waals surface area contributed by atoms with Gasteiger partial charge in [0.15, 0.2) is 5.82 Å². The smallest absolute Gasteiger partial charge is 0.261 e. The number of aromatic nitrogens is 1. The summed E-state index contributed by atoms with van der Waals surface area (Å²) >= 11 is 12.4. The van der Waals surface area contributed by atoms with Gasteiger partial charge in [0.05, 0.1) is 41.4 Å². The number of benzene rings is 3. The molecule has 4 aromatic rings. The van der Waals surface area contributed by atoms with Gasteiger partial charge in [-0.05, 0) is 79.9 Å². The average Bonchev–Trinajstić information content (AvgIpc) is 3.41. The van der Waals surface area contributed by atoms with Crippen LogP contribution in [-0.2, 0) is 6.61 Å². The number of rotatable bonds is 6. The monoisotopic (exact) mass is 552 g/mol. The number of aryl methyl sites for hydroxylation is 1.